The van der Waals surface area contributed by atoms with E-state index in [4.69, 9.17) is 0 Å². The molecule has 3 heteroatoms. The zero-order chi connectivity index (χ0) is 11.2. The van der Waals surface area contributed by atoms with Gasteiger partial charge in [0.25, 0.3) is 0 Å². The van der Waals surface area contributed by atoms with Gasteiger partial charge in [-0.25, -0.2) is 5.11 Å². The molecule has 93 valence electrons. The lowest BCUT2D eigenvalue weighted by Gasteiger charge is -2.31. The van der Waals surface area contributed by atoms with Crippen molar-refractivity contribution in [3.63, 3.8) is 0 Å². The van der Waals surface area contributed by atoms with Gasteiger partial charge in [0.15, 0.2) is 0 Å². The third kappa shape index (κ3) is 3.72. The summed E-state index contributed by atoms with van der Waals surface area (Å²) in [7, 11) is 0. The van der Waals surface area contributed by atoms with Crippen LogP contribution in [0.15, 0.2) is 0 Å². The SMILES string of the molecule is [O]CC1CCN(CCCN2CCCC2)CC1. The Labute approximate surface area is 99.4 Å². The van der Waals surface area contributed by atoms with Crippen molar-refractivity contribution in [1.29, 1.82) is 0 Å². The minimum atomic E-state index is 0.140. The number of likely N-dealkylation sites (tertiary alicyclic amines) is 2. The minimum absolute atomic E-state index is 0.140. The molecule has 0 aliphatic carbocycles. The second-order valence-corrected chi connectivity index (χ2v) is 5.35. The molecule has 16 heavy (non-hydrogen) atoms. The molecule has 2 aliphatic heterocycles. The molecule has 0 aromatic rings. The summed E-state index contributed by atoms with van der Waals surface area (Å²) in [5.41, 5.74) is 0. The molecule has 1 radical (unpaired) electrons. The van der Waals surface area contributed by atoms with Crippen LogP contribution in [0, 0.1) is 5.92 Å². The van der Waals surface area contributed by atoms with Gasteiger partial charge in [-0.3, -0.25) is 0 Å². The molecule has 0 saturated carbocycles. The molecule has 2 aliphatic rings. The second kappa shape index (κ2) is 6.58. The van der Waals surface area contributed by atoms with E-state index in [2.05, 4.69) is 9.80 Å². The highest BCUT2D eigenvalue weighted by molar-refractivity contribution is 4.72. The highest BCUT2D eigenvalue weighted by Gasteiger charge is 2.18. The second-order valence-electron chi connectivity index (χ2n) is 5.35. The van der Waals surface area contributed by atoms with Gasteiger partial charge < -0.3 is 9.80 Å². The van der Waals surface area contributed by atoms with Crippen molar-refractivity contribution < 1.29 is 5.11 Å². The van der Waals surface area contributed by atoms with Crippen molar-refractivity contribution in [3.05, 3.63) is 0 Å². The predicted octanol–water partition coefficient (Wildman–Crippen LogP) is 1.61. The molecule has 2 heterocycles. The lowest BCUT2D eigenvalue weighted by Crippen LogP contribution is -2.36. The van der Waals surface area contributed by atoms with Crippen LogP contribution in [0.25, 0.3) is 0 Å². The summed E-state index contributed by atoms with van der Waals surface area (Å²) >= 11 is 0. The summed E-state index contributed by atoms with van der Waals surface area (Å²) in [4.78, 5) is 5.13. The molecule has 0 amide bonds. The topological polar surface area (TPSA) is 26.4 Å². The molecule has 0 atom stereocenters. The summed E-state index contributed by atoms with van der Waals surface area (Å²) in [5, 5.41) is 10.8. The van der Waals surface area contributed by atoms with Crippen molar-refractivity contribution in [2.45, 2.75) is 32.1 Å². The smallest absolute Gasteiger partial charge is 0.0851 e. The van der Waals surface area contributed by atoms with Gasteiger partial charge in [-0.2, -0.15) is 0 Å². The van der Waals surface area contributed by atoms with Crippen LogP contribution in [-0.2, 0) is 5.11 Å². The Morgan fingerprint density at radius 3 is 2.00 bits per heavy atom. The fourth-order valence-corrected chi connectivity index (χ4v) is 2.90. The van der Waals surface area contributed by atoms with E-state index in [0.717, 1.165) is 25.9 Å². The van der Waals surface area contributed by atoms with Crippen molar-refractivity contribution in [3.8, 4) is 0 Å². The van der Waals surface area contributed by atoms with Crippen LogP contribution in [0.2, 0.25) is 0 Å². The molecular weight excluding hydrogens is 200 g/mol. The van der Waals surface area contributed by atoms with Gasteiger partial charge in [0.05, 0.1) is 6.61 Å². The summed E-state index contributed by atoms with van der Waals surface area (Å²) in [6.07, 6.45) is 6.37. The fraction of sp³-hybridized carbons (Fsp3) is 1.00. The van der Waals surface area contributed by atoms with Crippen LogP contribution in [0.3, 0.4) is 0 Å². The number of rotatable bonds is 5. The number of piperidine rings is 1. The standard InChI is InChI=1S/C13H25N2O/c16-12-13-4-10-15(11-5-13)9-3-8-14-6-1-2-7-14/h13H,1-12H2. The zero-order valence-electron chi connectivity index (χ0n) is 10.4. The first-order valence-corrected chi connectivity index (χ1v) is 6.91. The maximum Gasteiger partial charge on any atom is 0.0851 e. The molecule has 0 bridgehead atoms. The molecule has 0 aromatic heterocycles. The Morgan fingerprint density at radius 1 is 0.875 bits per heavy atom. The first kappa shape index (κ1) is 12.3. The first-order chi connectivity index (χ1) is 7.88. The molecule has 0 aromatic carbocycles. The van der Waals surface area contributed by atoms with E-state index in [1.54, 1.807) is 0 Å². The van der Waals surface area contributed by atoms with Gasteiger partial charge in [0.2, 0.25) is 0 Å². The van der Waals surface area contributed by atoms with Crippen LogP contribution >= 0.6 is 0 Å². The molecule has 0 N–H and O–H groups in total. The highest BCUT2D eigenvalue weighted by Crippen LogP contribution is 2.16. The van der Waals surface area contributed by atoms with E-state index in [0.29, 0.717) is 5.92 Å². The van der Waals surface area contributed by atoms with Crippen molar-refractivity contribution in [1.82, 2.24) is 9.80 Å². The number of nitrogens with zero attached hydrogens (tertiary/aromatic N) is 2. The summed E-state index contributed by atoms with van der Waals surface area (Å²) in [6, 6.07) is 0. The molecular formula is C13H25N2O. The predicted molar refractivity (Wildman–Crippen MR) is 65.0 cm³/mol. The Bertz CT molecular complexity index is 184. The normalized spacial score (nSPS) is 25.3. The highest BCUT2D eigenvalue weighted by atomic mass is 16.3. The molecule has 2 fully saturated rings. The maximum atomic E-state index is 10.8. The number of hydrogen-bond donors (Lipinski definition) is 0. The lowest BCUT2D eigenvalue weighted by atomic mass is 9.98. The van der Waals surface area contributed by atoms with Crippen LogP contribution in [0.5, 0.6) is 0 Å². The van der Waals surface area contributed by atoms with E-state index in [9.17, 15) is 5.11 Å². The van der Waals surface area contributed by atoms with Gasteiger partial charge in [0, 0.05) is 0 Å². The number of hydrogen-bond acceptors (Lipinski definition) is 2. The quantitative estimate of drug-likeness (QED) is 0.710. The lowest BCUT2D eigenvalue weighted by molar-refractivity contribution is 0.0899. The third-order valence-corrected chi connectivity index (χ3v) is 4.09. The first-order valence-electron chi connectivity index (χ1n) is 6.91. The summed E-state index contributed by atoms with van der Waals surface area (Å²) in [6.45, 7) is 7.61. The van der Waals surface area contributed by atoms with Gasteiger partial charge in [-0.1, -0.05) is 0 Å². The van der Waals surface area contributed by atoms with E-state index < -0.39 is 0 Å². The summed E-state index contributed by atoms with van der Waals surface area (Å²) in [5.74, 6) is 0.467. The van der Waals surface area contributed by atoms with Crippen LogP contribution in [0.1, 0.15) is 32.1 Å². The molecule has 2 saturated heterocycles. The van der Waals surface area contributed by atoms with Gasteiger partial charge >= 0.3 is 0 Å². The van der Waals surface area contributed by atoms with Crippen molar-refractivity contribution in [2.75, 3.05) is 45.9 Å². The van der Waals surface area contributed by atoms with Crippen LogP contribution in [-0.4, -0.2) is 55.7 Å². The Morgan fingerprint density at radius 2 is 1.44 bits per heavy atom. The van der Waals surface area contributed by atoms with E-state index in [1.165, 1.54) is 45.4 Å². The molecule has 3 nitrogen and oxygen atoms in total. The fourth-order valence-electron chi connectivity index (χ4n) is 2.90. The molecule has 2 rings (SSSR count). The monoisotopic (exact) mass is 225 g/mol. The average molecular weight is 225 g/mol. The largest absolute Gasteiger partial charge is 0.303 e. The van der Waals surface area contributed by atoms with Crippen molar-refractivity contribution >= 4 is 0 Å². The van der Waals surface area contributed by atoms with E-state index in [1.807, 2.05) is 0 Å². The average Bonchev–Trinajstić information content (AvgIpc) is 2.83. The van der Waals surface area contributed by atoms with Gasteiger partial charge in [0.1, 0.15) is 0 Å². The Kier molecular flexibility index (Phi) is 5.07. The van der Waals surface area contributed by atoms with Gasteiger partial charge in [-0.05, 0) is 77.3 Å². The molecule has 0 spiro atoms. The van der Waals surface area contributed by atoms with Crippen molar-refractivity contribution in [2.24, 2.45) is 5.92 Å². The van der Waals surface area contributed by atoms with E-state index in [-0.39, 0.29) is 6.61 Å². The summed E-state index contributed by atoms with van der Waals surface area (Å²) < 4.78 is 0. The third-order valence-electron chi connectivity index (χ3n) is 4.09. The van der Waals surface area contributed by atoms with E-state index >= 15 is 0 Å². The Balaban J connectivity index is 1.53. The Hall–Kier alpha value is -0.120. The van der Waals surface area contributed by atoms with Crippen LogP contribution in [0.4, 0.5) is 0 Å². The van der Waals surface area contributed by atoms with Gasteiger partial charge in [-0.15, -0.1) is 0 Å². The molecule has 0 unspecified atom stereocenters. The maximum absolute atomic E-state index is 10.8. The van der Waals surface area contributed by atoms with Crippen LogP contribution < -0.4 is 0 Å². The zero-order valence-corrected chi connectivity index (χ0v) is 10.4. The minimum Gasteiger partial charge on any atom is -0.303 e.